The van der Waals surface area contributed by atoms with Gasteiger partial charge in [0, 0.05) is 25.5 Å². The second-order valence-electron chi connectivity index (χ2n) is 5.70. The topological polar surface area (TPSA) is 86.6 Å². The third kappa shape index (κ3) is 4.21. The molecule has 1 saturated heterocycles. The highest BCUT2D eigenvalue weighted by atomic mass is 16.5. The second-order valence-corrected chi connectivity index (χ2v) is 5.70. The lowest BCUT2D eigenvalue weighted by molar-refractivity contribution is 0.0662. The van der Waals surface area contributed by atoms with E-state index in [1.807, 2.05) is 10.9 Å². The largest absolute Gasteiger partial charge is 0.497 e. The molecule has 2 heterocycles. The van der Waals surface area contributed by atoms with Gasteiger partial charge in [-0.15, -0.1) is 0 Å². The number of benzene rings is 1. The van der Waals surface area contributed by atoms with Crippen molar-refractivity contribution in [1.29, 1.82) is 0 Å². The number of carbonyl (C=O) groups is 1. The summed E-state index contributed by atoms with van der Waals surface area (Å²) in [4.78, 5) is 12.2. The maximum atomic E-state index is 12.2. The summed E-state index contributed by atoms with van der Waals surface area (Å²) < 4.78 is 17.7. The van der Waals surface area contributed by atoms with Gasteiger partial charge in [-0.3, -0.25) is 4.68 Å². The van der Waals surface area contributed by atoms with Crippen molar-refractivity contribution in [3.8, 4) is 11.5 Å². The Bertz CT molecular complexity index is 725. The van der Waals surface area contributed by atoms with Crippen molar-refractivity contribution in [2.45, 2.75) is 18.9 Å². The zero-order valence-electron chi connectivity index (χ0n) is 14.3. The van der Waals surface area contributed by atoms with E-state index in [0.29, 0.717) is 28.9 Å². The quantitative estimate of drug-likeness (QED) is 0.869. The summed E-state index contributed by atoms with van der Waals surface area (Å²) in [6.07, 6.45) is 5.33. The molecule has 1 aromatic carbocycles. The molecule has 0 bridgehead atoms. The fourth-order valence-electron chi connectivity index (χ4n) is 2.74. The first-order valence-electron chi connectivity index (χ1n) is 8.11. The van der Waals surface area contributed by atoms with E-state index in [1.165, 1.54) is 7.11 Å². The Morgan fingerprint density at radius 1 is 1.24 bits per heavy atom. The Balaban J connectivity index is 1.62. The minimum atomic E-state index is -0.366. The van der Waals surface area contributed by atoms with Crippen LogP contribution in [0, 0.1) is 0 Å². The van der Waals surface area contributed by atoms with Gasteiger partial charge in [-0.05, 0) is 25.0 Å². The Morgan fingerprint density at radius 3 is 2.76 bits per heavy atom. The van der Waals surface area contributed by atoms with Crippen LogP contribution in [0.3, 0.4) is 0 Å². The average molecular weight is 346 g/mol. The summed E-state index contributed by atoms with van der Waals surface area (Å²) in [6.45, 7) is 1.48. The lowest BCUT2D eigenvalue weighted by atomic mass is 10.1. The van der Waals surface area contributed by atoms with Crippen LogP contribution in [0.1, 0.15) is 18.9 Å². The van der Waals surface area contributed by atoms with Crippen LogP contribution in [0.4, 0.5) is 16.2 Å². The van der Waals surface area contributed by atoms with Crippen molar-refractivity contribution >= 4 is 17.4 Å². The van der Waals surface area contributed by atoms with E-state index in [0.717, 1.165) is 26.1 Å². The van der Waals surface area contributed by atoms with Crippen LogP contribution in [0.15, 0.2) is 30.6 Å². The normalized spacial score (nSPS) is 14.8. The number of nitrogens with one attached hydrogen (secondary N) is 2. The van der Waals surface area contributed by atoms with Crippen LogP contribution in [-0.2, 0) is 4.74 Å². The SMILES string of the molecule is COc1ccc(NC(=O)Nc2cnn(C3CCOCC3)c2)c(OC)c1. The van der Waals surface area contributed by atoms with E-state index in [9.17, 15) is 4.79 Å². The maximum absolute atomic E-state index is 12.2. The molecule has 8 nitrogen and oxygen atoms in total. The molecule has 2 amide bonds. The fraction of sp³-hybridized carbons (Fsp3) is 0.412. The third-order valence-corrected chi connectivity index (χ3v) is 4.08. The molecule has 0 atom stereocenters. The summed E-state index contributed by atoms with van der Waals surface area (Å²) in [5, 5.41) is 9.87. The number of carbonyl (C=O) groups excluding carboxylic acids is 1. The first-order chi connectivity index (χ1) is 12.2. The molecule has 3 rings (SSSR count). The van der Waals surface area contributed by atoms with Crippen molar-refractivity contribution < 1.29 is 19.0 Å². The van der Waals surface area contributed by atoms with Gasteiger partial charge in [0.25, 0.3) is 0 Å². The number of anilines is 2. The number of methoxy groups -OCH3 is 2. The summed E-state index contributed by atoms with van der Waals surface area (Å²) in [5.74, 6) is 1.17. The van der Waals surface area contributed by atoms with Crippen molar-refractivity contribution in [3.63, 3.8) is 0 Å². The van der Waals surface area contributed by atoms with E-state index in [-0.39, 0.29) is 6.03 Å². The molecule has 134 valence electrons. The molecule has 0 aliphatic carbocycles. The maximum Gasteiger partial charge on any atom is 0.323 e. The molecule has 0 radical (unpaired) electrons. The number of aromatic nitrogens is 2. The van der Waals surface area contributed by atoms with Gasteiger partial charge in [-0.1, -0.05) is 0 Å². The van der Waals surface area contributed by atoms with Crippen LogP contribution in [0.2, 0.25) is 0 Å². The molecule has 2 aromatic rings. The lowest BCUT2D eigenvalue weighted by Crippen LogP contribution is -2.20. The smallest absolute Gasteiger partial charge is 0.323 e. The van der Waals surface area contributed by atoms with Gasteiger partial charge in [0.05, 0.1) is 37.8 Å². The Morgan fingerprint density at radius 2 is 2.04 bits per heavy atom. The zero-order chi connectivity index (χ0) is 17.6. The molecule has 8 heteroatoms. The van der Waals surface area contributed by atoms with Gasteiger partial charge in [0.2, 0.25) is 0 Å². The van der Waals surface area contributed by atoms with E-state index in [1.54, 1.807) is 31.5 Å². The van der Waals surface area contributed by atoms with Crippen molar-refractivity contribution in [2.75, 3.05) is 38.1 Å². The Kier molecular flexibility index (Phi) is 5.39. The minimum absolute atomic E-state index is 0.314. The first-order valence-corrected chi connectivity index (χ1v) is 8.11. The molecule has 0 saturated carbocycles. The number of urea groups is 1. The van der Waals surface area contributed by atoms with Gasteiger partial charge in [-0.2, -0.15) is 5.10 Å². The standard InChI is InChI=1S/C17H22N4O4/c1-23-14-3-4-15(16(9-14)24-2)20-17(22)19-12-10-18-21(11-12)13-5-7-25-8-6-13/h3-4,9-11,13H,5-8H2,1-2H3,(H2,19,20,22). The molecule has 0 spiro atoms. The number of nitrogens with zero attached hydrogens (tertiary/aromatic N) is 2. The van der Waals surface area contributed by atoms with Crippen LogP contribution < -0.4 is 20.1 Å². The number of hydrogen-bond acceptors (Lipinski definition) is 5. The molecular weight excluding hydrogens is 324 g/mol. The Hall–Kier alpha value is -2.74. The van der Waals surface area contributed by atoms with Gasteiger partial charge in [-0.25, -0.2) is 4.79 Å². The second kappa shape index (κ2) is 7.89. The molecular formula is C17H22N4O4. The first kappa shape index (κ1) is 17.1. The van der Waals surface area contributed by atoms with E-state index >= 15 is 0 Å². The predicted octanol–water partition coefficient (Wildman–Crippen LogP) is 2.90. The van der Waals surface area contributed by atoms with E-state index < -0.39 is 0 Å². The van der Waals surface area contributed by atoms with Crippen LogP contribution >= 0.6 is 0 Å². The number of amides is 2. The van der Waals surface area contributed by atoms with Gasteiger partial charge < -0.3 is 24.8 Å². The highest BCUT2D eigenvalue weighted by Gasteiger charge is 2.17. The highest BCUT2D eigenvalue weighted by Crippen LogP contribution is 2.29. The number of hydrogen-bond donors (Lipinski definition) is 2. The van der Waals surface area contributed by atoms with Gasteiger partial charge in [0.15, 0.2) is 0 Å². The predicted molar refractivity (Wildman–Crippen MR) is 93.5 cm³/mol. The summed E-state index contributed by atoms with van der Waals surface area (Å²) in [7, 11) is 3.11. The van der Waals surface area contributed by atoms with Crippen LogP contribution in [0.25, 0.3) is 0 Å². The van der Waals surface area contributed by atoms with Gasteiger partial charge in [0.1, 0.15) is 11.5 Å². The summed E-state index contributed by atoms with van der Waals surface area (Å²) in [5.41, 5.74) is 1.19. The summed E-state index contributed by atoms with van der Waals surface area (Å²) in [6, 6.07) is 5.13. The average Bonchev–Trinajstić information content (AvgIpc) is 3.11. The van der Waals surface area contributed by atoms with E-state index in [4.69, 9.17) is 14.2 Å². The minimum Gasteiger partial charge on any atom is -0.497 e. The third-order valence-electron chi connectivity index (χ3n) is 4.08. The molecule has 1 fully saturated rings. The lowest BCUT2D eigenvalue weighted by Gasteiger charge is -2.22. The zero-order valence-corrected chi connectivity index (χ0v) is 14.3. The van der Waals surface area contributed by atoms with Crippen molar-refractivity contribution in [1.82, 2.24) is 9.78 Å². The molecule has 1 aliphatic heterocycles. The van der Waals surface area contributed by atoms with Crippen LogP contribution in [-0.4, -0.2) is 43.2 Å². The molecule has 1 aliphatic rings. The Labute approximate surface area is 146 Å². The monoisotopic (exact) mass is 346 g/mol. The number of rotatable bonds is 5. The number of ether oxygens (including phenoxy) is 3. The molecule has 0 unspecified atom stereocenters. The van der Waals surface area contributed by atoms with Crippen molar-refractivity contribution in [2.24, 2.45) is 0 Å². The summed E-state index contributed by atoms with van der Waals surface area (Å²) >= 11 is 0. The molecule has 2 N–H and O–H groups in total. The van der Waals surface area contributed by atoms with Gasteiger partial charge >= 0.3 is 6.03 Å². The van der Waals surface area contributed by atoms with E-state index in [2.05, 4.69) is 15.7 Å². The molecule has 1 aromatic heterocycles. The highest BCUT2D eigenvalue weighted by molar-refractivity contribution is 6.00. The van der Waals surface area contributed by atoms with Crippen LogP contribution in [0.5, 0.6) is 11.5 Å². The molecule has 25 heavy (non-hydrogen) atoms. The van der Waals surface area contributed by atoms with Crippen molar-refractivity contribution in [3.05, 3.63) is 30.6 Å². The fourth-order valence-corrected chi connectivity index (χ4v) is 2.74.